The SMILES string of the molecule is CCCS(=O)(=O)Cc1nc(C(C)C)c(CNCC)s1. The Balaban J connectivity index is 2.91. The van der Waals surface area contributed by atoms with Gasteiger partial charge in [-0.25, -0.2) is 13.4 Å². The molecule has 0 unspecified atom stereocenters. The van der Waals surface area contributed by atoms with Gasteiger partial charge < -0.3 is 5.32 Å². The molecule has 0 bridgehead atoms. The molecule has 6 heteroatoms. The van der Waals surface area contributed by atoms with Crippen LogP contribution in [0.3, 0.4) is 0 Å². The lowest BCUT2D eigenvalue weighted by atomic mass is 10.1. The van der Waals surface area contributed by atoms with Gasteiger partial charge in [0.25, 0.3) is 0 Å². The quantitative estimate of drug-likeness (QED) is 0.802. The first-order valence-corrected chi connectivity index (χ1v) is 9.43. The van der Waals surface area contributed by atoms with Gasteiger partial charge >= 0.3 is 0 Å². The summed E-state index contributed by atoms with van der Waals surface area (Å²) in [6.07, 6.45) is 0.662. The second kappa shape index (κ2) is 7.36. The van der Waals surface area contributed by atoms with Gasteiger partial charge in [-0.2, -0.15) is 0 Å². The third-order valence-corrected chi connectivity index (χ3v) is 5.71. The van der Waals surface area contributed by atoms with Crippen LogP contribution in [0.2, 0.25) is 0 Å². The monoisotopic (exact) mass is 304 g/mol. The number of hydrogen-bond acceptors (Lipinski definition) is 5. The number of thiazole rings is 1. The molecule has 1 N–H and O–H groups in total. The fourth-order valence-corrected chi connectivity index (χ4v) is 4.83. The third kappa shape index (κ3) is 5.20. The van der Waals surface area contributed by atoms with Gasteiger partial charge in [-0.15, -0.1) is 11.3 Å². The van der Waals surface area contributed by atoms with Crippen LogP contribution in [-0.2, 0) is 22.1 Å². The molecule has 0 amide bonds. The standard InChI is InChI=1S/C13H24N2O2S2/c1-5-7-19(16,17)9-12-15-13(10(3)4)11(18-12)8-14-6-2/h10,14H,5-9H2,1-4H3. The Kier molecular flexibility index (Phi) is 6.42. The highest BCUT2D eigenvalue weighted by atomic mass is 32.2. The molecule has 110 valence electrons. The van der Waals surface area contributed by atoms with E-state index in [4.69, 9.17) is 0 Å². The van der Waals surface area contributed by atoms with Crippen LogP contribution < -0.4 is 5.32 Å². The lowest BCUT2D eigenvalue weighted by Crippen LogP contribution is -2.12. The van der Waals surface area contributed by atoms with Crippen LogP contribution in [0.4, 0.5) is 0 Å². The topological polar surface area (TPSA) is 59.1 Å². The molecule has 0 aromatic carbocycles. The van der Waals surface area contributed by atoms with Gasteiger partial charge in [0, 0.05) is 11.4 Å². The first-order chi connectivity index (χ1) is 8.89. The van der Waals surface area contributed by atoms with Crippen LogP contribution in [0.25, 0.3) is 0 Å². The van der Waals surface area contributed by atoms with Crippen molar-refractivity contribution in [3.05, 3.63) is 15.6 Å². The summed E-state index contributed by atoms with van der Waals surface area (Å²) in [5, 5.41) is 4.01. The van der Waals surface area contributed by atoms with Gasteiger partial charge in [0.15, 0.2) is 9.84 Å². The van der Waals surface area contributed by atoms with E-state index in [1.54, 1.807) is 0 Å². The van der Waals surface area contributed by atoms with Crippen molar-refractivity contribution in [2.24, 2.45) is 0 Å². The van der Waals surface area contributed by atoms with E-state index in [1.165, 1.54) is 16.2 Å². The molecule has 19 heavy (non-hydrogen) atoms. The van der Waals surface area contributed by atoms with Gasteiger partial charge in [-0.05, 0) is 18.9 Å². The van der Waals surface area contributed by atoms with Crippen molar-refractivity contribution in [3.8, 4) is 0 Å². The van der Waals surface area contributed by atoms with Crippen molar-refractivity contribution in [2.45, 2.75) is 52.3 Å². The minimum atomic E-state index is -3.01. The molecule has 0 aliphatic heterocycles. The first-order valence-electron chi connectivity index (χ1n) is 6.79. The maximum absolute atomic E-state index is 11.9. The molecule has 1 rings (SSSR count). The number of hydrogen-bond donors (Lipinski definition) is 1. The van der Waals surface area contributed by atoms with E-state index in [-0.39, 0.29) is 11.5 Å². The lowest BCUT2D eigenvalue weighted by Gasteiger charge is -2.04. The summed E-state index contributed by atoms with van der Waals surface area (Å²) in [4.78, 5) is 5.69. The van der Waals surface area contributed by atoms with E-state index in [2.05, 4.69) is 31.1 Å². The average Bonchev–Trinajstić information content (AvgIpc) is 2.68. The Labute approximate surface area is 120 Å². The first kappa shape index (κ1) is 16.6. The Morgan fingerprint density at radius 2 is 2.00 bits per heavy atom. The second-order valence-corrected chi connectivity index (χ2v) is 8.30. The molecule has 4 nitrogen and oxygen atoms in total. The van der Waals surface area contributed by atoms with Crippen LogP contribution in [0.5, 0.6) is 0 Å². The maximum Gasteiger partial charge on any atom is 0.156 e. The zero-order valence-corrected chi connectivity index (χ0v) is 13.8. The van der Waals surface area contributed by atoms with Gasteiger partial charge in [0.1, 0.15) is 10.8 Å². The van der Waals surface area contributed by atoms with Crippen molar-refractivity contribution in [3.63, 3.8) is 0 Å². The van der Waals surface area contributed by atoms with Crippen LogP contribution >= 0.6 is 11.3 Å². The van der Waals surface area contributed by atoms with E-state index in [0.717, 1.165) is 23.8 Å². The largest absolute Gasteiger partial charge is 0.312 e. The molecular formula is C13H24N2O2S2. The number of aromatic nitrogens is 1. The number of nitrogens with zero attached hydrogens (tertiary/aromatic N) is 1. The molecule has 0 aliphatic rings. The van der Waals surface area contributed by atoms with E-state index in [9.17, 15) is 8.42 Å². The van der Waals surface area contributed by atoms with E-state index in [0.29, 0.717) is 12.3 Å². The summed E-state index contributed by atoms with van der Waals surface area (Å²) in [5.74, 6) is 0.649. The summed E-state index contributed by atoms with van der Waals surface area (Å²) < 4.78 is 23.7. The normalized spacial score (nSPS) is 12.3. The third-order valence-electron chi connectivity index (χ3n) is 2.71. The van der Waals surface area contributed by atoms with E-state index >= 15 is 0 Å². The molecule has 1 aromatic heterocycles. The number of sulfone groups is 1. The van der Waals surface area contributed by atoms with Gasteiger partial charge in [-0.3, -0.25) is 0 Å². The molecule has 0 saturated carbocycles. The fourth-order valence-electron chi connectivity index (χ4n) is 1.86. The molecule has 0 spiro atoms. The van der Waals surface area contributed by atoms with Crippen molar-refractivity contribution < 1.29 is 8.42 Å². The van der Waals surface area contributed by atoms with E-state index < -0.39 is 9.84 Å². The van der Waals surface area contributed by atoms with Crippen molar-refractivity contribution in [2.75, 3.05) is 12.3 Å². The van der Waals surface area contributed by atoms with Gasteiger partial charge in [-0.1, -0.05) is 27.7 Å². The Hall–Kier alpha value is -0.460. The molecule has 0 aliphatic carbocycles. The second-order valence-electron chi connectivity index (χ2n) is 4.94. The minimum Gasteiger partial charge on any atom is -0.312 e. The fraction of sp³-hybridized carbons (Fsp3) is 0.769. The summed E-state index contributed by atoms with van der Waals surface area (Å²) in [6.45, 7) is 9.80. The minimum absolute atomic E-state index is 0.0807. The lowest BCUT2D eigenvalue weighted by molar-refractivity contribution is 0.593. The molecule has 1 heterocycles. The highest BCUT2D eigenvalue weighted by Gasteiger charge is 2.18. The predicted molar refractivity (Wildman–Crippen MR) is 81.4 cm³/mol. The summed E-state index contributed by atoms with van der Waals surface area (Å²) in [5.41, 5.74) is 1.03. The zero-order valence-electron chi connectivity index (χ0n) is 12.2. The highest BCUT2D eigenvalue weighted by Crippen LogP contribution is 2.26. The molecule has 1 aromatic rings. The Bertz CT molecular complexity index is 493. The highest BCUT2D eigenvalue weighted by molar-refractivity contribution is 7.90. The summed E-state index contributed by atoms with van der Waals surface area (Å²) >= 11 is 1.53. The van der Waals surface area contributed by atoms with Crippen LogP contribution in [-0.4, -0.2) is 25.7 Å². The summed E-state index contributed by atoms with van der Waals surface area (Å²) in [7, 11) is -3.01. The molecule has 0 saturated heterocycles. The van der Waals surface area contributed by atoms with Crippen molar-refractivity contribution in [1.29, 1.82) is 0 Å². The number of rotatable bonds is 8. The summed E-state index contributed by atoms with van der Waals surface area (Å²) in [6, 6.07) is 0. The predicted octanol–water partition coefficient (Wildman–Crippen LogP) is 2.70. The average molecular weight is 304 g/mol. The van der Waals surface area contributed by atoms with Crippen molar-refractivity contribution >= 4 is 21.2 Å². The zero-order chi connectivity index (χ0) is 14.5. The number of nitrogens with one attached hydrogen (secondary N) is 1. The Morgan fingerprint density at radius 3 is 2.53 bits per heavy atom. The van der Waals surface area contributed by atoms with E-state index in [1.807, 2.05) is 6.92 Å². The molecule has 0 fully saturated rings. The van der Waals surface area contributed by atoms with Crippen LogP contribution in [0, 0.1) is 0 Å². The van der Waals surface area contributed by atoms with Crippen LogP contribution in [0.1, 0.15) is 55.6 Å². The van der Waals surface area contributed by atoms with Gasteiger partial charge in [0.05, 0.1) is 11.4 Å². The maximum atomic E-state index is 11.9. The van der Waals surface area contributed by atoms with Crippen molar-refractivity contribution in [1.82, 2.24) is 10.3 Å². The smallest absolute Gasteiger partial charge is 0.156 e. The van der Waals surface area contributed by atoms with Crippen LogP contribution in [0.15, 0.2) is 0 Å². The van der Waals surface area contributed by atoms with Gasteiger partial charge in [0.2, 0.25) is 0 Å². The molecule has 0 radical (unpaired) electrons. The molecular weight excluding hydrogens is 280 g/mol. The molecule has 0 atom stereocenters. The Morgan fingerprint density at radius 1 is 1.32 bits per heavy atom.